The summed E-state index contributed by atoms with van der Waals surface area (Å²) in [7, 11) is 0. The Morgan fingerprint density at radius 3 is 2.75 bits per heavy atom. The van der Waals surface area contributed by atoms with Crippen LogP contribution in [-0.2, 0) is 6.54 Å². The molecule has 1 aliphatic carbocycles. The van der Waals surface area contributed by atoms with Crippen molar-refractivity contribution in [3.05, 3.63) is 74.8 Å². The summed E-state index contributed by atoms with van der Waals surface area (Å²) >= 11 is 0. The standard InChI is InChI=1S/C21H18FN7O3/c1-2-28-18-17(20(31)27-21(28)32)13(8-15(26-18)11-3-4-11)19(30)25-12-5-6-16(14(22)7-12)29-10-23-9-24-29/h5-11H,2-4H2,1H3,(H,25,30)(H,27,31,32). The molecule has 1 amide bonds. The number of carbonyl (C=O) groups is 1. The molecule has 0 unspecified atom stereocenters. The van der Waals surface area contributed by atoms with Crippen molar-refractivity contribution >= 4 is 22.6 Å². The van der Waals surface area contributed by atoms with Crippen LogP contribution in [0.15, 0.2) is 46.5 Å². The Morgan fingerprint density at radius 1 is 1.28 bits per heavy atom. The molecular weight excluding hydrogens is 417 g/mol. The molecule has 11 heteroatoms. The number of anilines is 1. The molecule has 0 bridgehead atoms. The van der Waals surface area contributed by atoms with Crippen LogP contribution >= 0.6 is 0 Å². The van der Waals surface area contributed by atoms with E-state index in [0.717, 1.165) is 18.9 Å². The number of hydrogen-bond acceptors (Lipinski definition) is 6. The Bertz CT molecular complexity index is 1470. The summed E-state index contributed by atoms with van der Waals surface area (Å²) in [6.45, 7) is 2.03. The number of amides is 1. The SMILES string of the molecule is CCn1c(=O)[nH]c(=O)c2c(C(=O)Nc3ccc(-n4cncn4)c(F)c3)cc(C3CC3)nc21. The van der Waals surface area contributed by atoms with Gasteiger partial charge in [0.1, 0.15) is 18.3 Å². The van der Waals surface area contributed by atoms with Crippen LogP contribution in [0.3, 0.4) is 0 Å². The van der Waals surface area contributed by atoms with Crippen molar-refractivity contribution in [1.29, 1.82) is 0 Å². The second-order valence-electron chi connectivity index (χ2n) is 7.53. The van der Waals surface area contributed by atoms with E-state index in [9.17, 15) is 18.8 Å². The van der Waals surface area contributed by atoms with Gasteiger partial charge in [0, 0.05) is 23.8 Å². The molecule has 3 aromatic heterocycles. The van der Waals surface area contributed by atoms with Gasteiger partial charge < -0.3 is 5.32 Å². The quantitative estimate of drug-likeness (QED) is 0.493. The van der Waals surface area contributed by atoms with Gasteiger partial charge in [-0.25, -0.2) is 23.8 Å². The Morgan fingerprint density at radius 2 is 2.09 bits per heavy atom. The number of nitrogens with zero attached hydrogens (tertiary/aromatic N) is 5. The number of fused-ring (bicyclic) bond motifs is 1. The van der Waals surface area contributed by atoms with E-state index in [4.69, 9.17) is 0 Å². The second-order valence-corrected chi connectivity index (χ2v) is 7.53. The zero-order chi connectivity index (χ0) is 22.4. The van der Waals surface area contributed by atoms with Crippen molar-refractivity contribution in [3.8, 4) is 5.69 Å². The van der Waals surface area contributed by atoms with E-state index in [2.05, 4.69) is 25.4 Å². The fourth-order valence-corrected chi connectivity index (χ4v) is 3.66. The van der Waals surface area contributed by atoms with Gasteiger partial charge >= 0.3 is 5.69 Å². The average molecular weight is 435 g/mol. The molecule has 10 nitrogen and oxygen atoms in total. The third-order valence-corrected chi connectivity index (χ3v) is 5.40. The molecule has 2 N–H and O–H groups in total. The van der Waals surface area contributed by atoms with E-state index in [0.29, 0.717) is 5.69 Å². The minimum absolute atomic E-state index is 0.0213. The summed E-state index contributed by atoms with van der Waals surface area (Å²) in [5.74, 6) is -1.02. The number of halogens is 1. The lowest BCUT2D eigenvalue weighted by Gasteiger charge is -2.13. The van der Waals surface area contributed by atoms with Crippen LogP contribution in [-0.4, -0.2) is 35.2 Å². The van der Waals surface area contributed by atoms with Gasteiger partial charge in [0.25, 0.3) is 11.5 Å². The fourth-order valence-electron chi connectivity index (χ4n) is 3.66. The van der Waals surface area contributed by atoms with Gasteiger partial charge in [-0.2, -0.15) is 5.10 Å². The Kier molecular flexibility index (Phi) is 4.65. The summed E-state index contributed by atoms with van der Waals surface area (Å²) < 4.78 is 17.2. The molecule has 5 rings (SSSR count). The second kappa shape index (κ2) is 7.52. The molecule has 32 heavy (non-hydrogen) atoms. The maximum absolute atomic E-state index is 14.6. The van der Waals surface area contributed by atoms with Crippen molar-refractivity contribution in [2.75, 3.05) is 5.32 Å². The summed E-state index contributed by atoms with van der Waals surface area (Å²) in [6.07, 6.45) is 4.50. The first kappa shape index (κ1) is 19.8. The van der Waals surface area contributed by atoms with E-state index in [1.165, 1.54) is 34.0 Å². The predicted octanol–water partition coefficient (Wildman–Crippen LogP) is 1.95. The van der Waals surface area contributed by atoms with Crippen LogP contribution in [0.5, 0.6) is 0 Å². The molecule has 0 aliphatic heterocycles. The van der Waals surface area contributed by atoms with Gasteiger partial charge in [-0.1, -0.05) is 0 Å². The van der Waals surface area contributed by atoms with Gasteiger partial charge in [0.15, 0.2) is 11.5 Å². The van der Waals surface area contributed by atoms with Gasteiger partial charge in [-0.15, -0.1) is 0 Å². The predicted molar refractivity (Wildman–Crippen MR) is 114 cm³/mol. The third-order valence-electron chi connectivity index (χ3n) is 5.40. The molecular formula is C21H18FN7O3. The first-order valence-corrected chi connectivity index (χ1v) is 10.1. The highest BCUT2D eigenvalue weighted by Gasteiger charge is 2.28. The van der Waals surface area contributed by atoms with Gasteiger partial charge in [0.2, 0.25) is 0 Å². The normalized spacial score (nSPS) is 13.4. The van der Waals surface area contributed by atoms with Crippen LogP contribution in [0.1, 0.15) is 41.7 Å². The lowest BCUT2D eigenvalue weighted by molar-refractivity contribution is 0.102. The number of aryl methyl sites for hydroxylation is 1. The maximum atomic E-state index is 14.6. The third kappa shape index (κ3) is 3.37. The number of rotatable bonds is 5. The van der Waals surface area contributed by atoms with Crippen molar-refractivity contribution in [3.63, 3.8) is 0 Å². The first-order chi connectivity index (χ1) is 15.5. The lowest BCUT2D eigenvalue weighted by Crippen LogP contribution is -2.32. The van der Waals surface area contributed by atoms with E-state index in [1.54, 1.807) is 13.0 Å². The highest BCUT2D eigenvalue weighted by molar-refractivity contribution is 6.11. The maximum Gasteiger partial charge on any atom is 0.329 e. The van der Waals surface area contributed by atoms with Crippen LogP contribution in [0.25, 0.3) is 16.7 Å². The Labute approximate surface area is 179 Å². The number of aromatic amines is 1. The zero-order valence-corrected chi connectivity index (χ0v) is 17.0. The number of nitrogens with one attached hydrogen (secondary N) is 2. The Hall–Kier alpha value is -4.15. The molecule has 0 saturated heterocycles. The molecule has 0 spiro atoms. The summed E-state index contributed by atoms with van der Waals surface area (Å²) in [5, 5.41) is 6.55. The first-order valence-electron chi connectivity index (χ1n) is 10.1. The lowest BCUT2D eigenvalue weighted by atomic mass is 10.1. The van der Waals surface area contributed by atoms with Gasteiger partial charge in [0.05, 0.1) is 10.9 Å². The number of pyridine rings is 1. The number of H-pyrrole nitrogens is 1. The van der Waals surface area contributed by atoms with Crippen LogP contribution in [0.2, 0.25) is 0 Å². The number of aromatic nitrogens is 6. The molecule has 1 aromatic carbocycles. The largest absolute Gasteiger partial charge is 0.329 e. The van der Waals surface area contributed by atoms with Crippen LogP contribution in [0, 0.1) is 5.82 Å². The molecule has 1 aliphatic rings. The average Bonchev–Trinajstić information content (AvgIpc) is 3.48. The molecule has 4 aromatic rings. The van der Waals surface area contributed by atoms with E-state index < -0.39 is 23.0 Å². The van der Waals surface area contributed by atoms with Crippen molar-refractivity contribution < 1.29 is 9.18 Å². The molecule has 1 fully saturated rings. The van der Waals surface area contributed by atoms with Crippen LogP contribution in [0.4, 0.5) is 10.1 Å². The molecule has 1 saturated carbocycles. The zero-order valence-electron chi connectivity index (χ0n) is 17.0. The number of benzene rings is 1. The number of hydrogen-bond donors (Lipinski definition) is 2. The summed E-state index contributed by atoms with van der Waals surface area (Å²) in [4.78, 5) is 48.6. The minimum Gasteiger partial charge on any atom is -0.322 e. The van der Waals surface area contributed by atoms with Gasteiger partial charge in [-0.05, 0) is 44.0 Å². The highest BCUT2D eigenvalue weighted by Crippen LogP contribution is 2.40. The Balaban J connectivity index is 1.58. The summed E-state index contributed by atoms with van der Waals surface area (Å²) in [6, 6.07) is 5.72. The van der Waals surface area contributed by atoms with Crippen molar-refractivity contribution in [2.45, 2.75) is 32.2 Å². The van der Waals surface area contributed by atoms with E-state index in [1.807, 2.05) is 0 Å². The summed E-state index contributed by atoms with van der Waals surface area (Å²) in [5.41, 5.74) is 0.0148. The van der Waals surface area contributed by atoms with Crippen LogP contribution < -0.4 is 16.6 Å². The fraction of sp³-hybridized carbons (Fsp3) is 0.238. The molecule has 3 heterocycles. The molecule has 162 valence electrons. The van der Waals surface area contributed by atoms with E-state index >= 15 is 0 Å². The minimum atomic E-state index is -0.692. The van der Waals surface area contributed by atoms with Gasteiger partial charge in [-0.3, -0.25) is 19.1 Å². The topological polar surface area (TPSA) is 128 Å². The highest BCUT2D eigenvalue weighted by atomic mass is 19.1. The van der Waals surface area contributed by atoms with Crippen molar-refractivity contribution in [2.24, 2.45) is 0 Å². The van der Waals surface area contributed by atoms with E-state index in [-0.39, 0.29) is 40.4 Å². The smallest absolute Gasteiger partial charge is 0.322 e. The molecule has 0 radical (unpaired) electrons. The monoisotopic (exact) mass is 435 g/mol. The molecule has 0 atom stereocenters. The number of carbonyl (C=O) groups excluding carboxylic acids is 1. The van der Waals surface area contributed by atoms with Crippen molar-refractivity contribution in [1.82, 2.24) is 29.3 Å².